The average molecular weight is 388 g/mol. The van der Waals surface area contributed by atoms with Crippen molar-refractivity contribution in [3.8, 4) is 0 Å². The lowest BCUT2D eigenvalue weighted by Gasteiger charge is -2.13. The number of hydrogen-bond acceptors (Lipinski definition) is 0. The van der Waals surface area contributed by atoms with Gasteiger partial charge in [0.15, 0.2) is 11.9 Å². The van der Waals surface area contributed by atoms with Crippen LogP contribution in [0.1, 0.15) is 30.9 Å². The van der Waals surface area contributed by atoms with E-state index in [9.17, 15) is 0 Å². The van der Waals surface area contributed by atoms with Crippen LogP contribution in [-0.4, -0.2) is 4.40 Å². The molecule has 0 bridgehead atoms. The van der Waals surface area contributed by atoms with Gasteiger partial charge >= 0.3 is 0 Å². The van der Waals surface area contributed by atoms with Crippen LogP contribution in [0.4, 0.5) is 5.69 Å². The first-order valence-corrected chi connectivity index (χ1v) is 10.4. The second-order valence-electron chi connectivity index (χ2n) is 8.74. The van der Waals surface area contributed by atoms with Gasteiger partial charge in [-0.1, -0.05) is 38.1 Å². The van der Waals surface area contributed by atoms with Crippen molar-refractivity contribution in [1.82, 2.24) is 4.40 Å². The zero-order valence-electron chi connectivity index (χ0n) is 17.6. The van der Waals surface area contributed by atoms with E-state index in [4.69, 9.17) is 6.57 Å². The number of hydrogen-bond donors (Lipinski definition) is 0. The summed E-state index contributed by atoms with van der Waals surface area (Å²) < 4.78 is 4.63. The number of nitrogens with zero attached hydrogens (tertiary/aromatic N) is 3. The molecule has 0 spiro atoms. The summed E-state index contributed by atoms with van der Waals surface area (Å²) in [4.78, 5) is 3.78. The zero-order chi connectivity index (χ0) is 20.7. The Morgan fingerprint density at radius 1 is 0.933 bits per heavy atom. The van der Waals surface area contributed by atoms with Gasteiger partial charge in [0, 0.05) is 16.8 Å². The number of benzene rings is 3. The summed E-state index contributed by atoms with van der Waals surface area (Å²) in [5.41, 5.74) is 8.13. The van der Waals surface area contributed by atoms with E-state index in [0.717, 1.165) is 10.9 Å². The summed E-state index contributed by atoms with van der Waals surface area (Å²) in [5, 5.41) is 6.19. The standard InChI is InChI=1S/C27H22N3/c1-15(2)17-7-9-20-21-8-6-16(3)24-26(21)30(22(20)13-17)23-14-19(28-4)12-18-10-11-29(5)27(24)25(18)23/h6-15H,1-3,5H3/q+1. The zero-order valence-corrected chi connectivity index (χ0v) is 17.6. The Morgan fingerprint density at radius 3 is 2.50 bits per heavy atom. The fourth-order valence-electron chi connectivity index (χ4n) is 5.14. The molecule has 3 heterocycles. The molecule has 0 radical (unpaired) electrons. The normalized spacial score (nSPS) is 12.3. The van der Waals surface area contributed by atoms with Crippen LogP contribution in [0, 0.1) is 13.5 Å². The summed E-state index contributed by atoms with van der Waals surface area (Å²) in [7, 11) is 2.12. The van der Waals surface area contributed by atoms with Crippen LogP contribution in [0.5, 0.6) is 0 Å². The molecular weight excluding hydrogens is 366 g/mol. The second kappa shape index (κ2) is 5.70. The van der Waals surface area contributed by atoms with E-state index in [1.165, 1.54) is 49.2 Å². The Kier molecular flexibility index (Phi) is 3.28. The van der Waals surface area contributed by atoms with Crippen molar-refractivity contribution < 1.29 is 4.57 Å². The number of aromatic nitrogens is 2. The quantitative estimate of drug-likeness (QED) is 0.127. The van der Waals surface area contributed by atoms with Crippen molar-refractivity contribution >= 4 is 54.7 Å². The Hall–Kier alpha value is -3.64. The molecule has 3 nitrogen and oxygen atoms in total. The Balaban J connectivity index is 2.06. The van der Waals surface area contributed by atoms with E-state index in [2.05, 4.69) is 90.3 Å². The Morgan fingerprint density at radius 2 is 1.73 bits per heavy atom. The number of aryl methyl sites for hydroxylation is 2. The summed E-state index contributed by atoms with van der Waals surface area (Å²) in [6.45, 7) is 14.3. The second-order valence-corrected chi connectivity index (χ2v) is 8.74. The van der Waals surface area contributed by atoms with Gasteiger partial charge in [-0.05, 0) is 47.6 Å². The highest BCUT2D eigenvalue weighted by molar-refractivity contribution is 6.26. The maximum absolute atomic E-state index is 7.66. The monoisotopic (exact) mass is 388 g/mol. The molecule has 0 amide bonds. The van der Waals surface area contributed by atoms with Crippen LogP contribution in [0.15, 0.2) is 54.7 Å². The molecule has 6 aromatic rings. The highest BCUT2D eigenvalue weighted by Gasteiger charge is 2.24. The summed E-state index contributed by atoms with van der Waals surface area (Å²) in [5.74, 6) is 0.463. The van der Waals surface area contributed by atoms with Gasteiger partial charge < -0.3 is 4.40 Å². The lowest BCUT2D eigenvalue weighted by atomic mass is 9.99. The predicted octanol–water partition coefficient (Wildman–Crippen LogP) is 6.80. The Bertz CT molecular complexity index is 1690. The first-order chi connectivity index (χ1) is 14.5. The molecule has 0 aliphatic heterocycles. The molecular formula is C27H22N3+. The smallest absolute Gasteiger partial charge is 0.224 e. The molecule has 0 fully saturated rings. The molecule has 3 aromatic carbocycles. The van der Waals surface area contributed by atoms with E-state index in [1.807, 2.05) is 6.07 Å². The summed E-state index contributed by atoms with van der Waals surface area (Å²) >= 11 is 0. The molecule has 144 valence electrons. The van der Waals surface area contributed by atoms with Crippen LogP contribution >= 0.6 is 0 Å². The maximum Gasteiger partial charge on any atom is 0.224 e. The fraction of sp³-hybridized carbons (Fsp3) is 0.185. The lowest BCUT2D eigenvalue weighted by Crippen LogP contribution is -2.28. The van der Waals surface area contributed by atoms with E-state index in [-0.39, 0.29) is 0 Å². The number of rotatable bonds is 1. The molecule has 6 rings (SSSR count). The van der Waals surface area contributed by atoms with Gasteiger partial charge in [-0.15, -0.1) is 0 Å². The van der Waals surface area contributed by atoms with Gasteiger partial charge in [0.2, 0.25) is 5.52 Å². The fourth-order valence-corrected chi connectivity index (χ4v) is 5.14. The molecule has 0 atom stereocenters. The molecule has 0 unspecified atom stereocenters. The molecule has 30 heavy (non-hydrogen) atoms. The van der Waals surface area contributed by atoms with Crippen molar-refractivity contribution in [2.24, 2.45) is 7.05 Å². The maximum atomic E-state index is 7.66. The molecule has 0 saturated carbocycles. The minimum atomic E-state index is 0.463. The SMILES string of the molecule is [C-]#[N+]c1cc2cc[n+](C)c3c4c(C)ccc5c6ccc(C(C)C)cc6n(c(c1)c23)c54. The van der Waals surface area contributed by atoms with E-state index in [1.54, 1.807) is 0 Å². The minimum absolute atomic E-state index is 0.463. The highest BCUT2D eigenvalue weighted by atomic mass is 15.0. The first kappa shape index (κ1) is 17.2. The van der Waals surface area contributed by atoms with Crippen molar-refractivity contribution in [3.63, 3.8) is 0 Å². The van der Waals surface area contributed by atoms with Crippen LogP contribution in [-0.2, 0) is 7.05 Å². The van der Waals surface area contributed by atoms with Crippen molar-refractivity contribution in [3.05, 3.63) is 77.3 Å². The molecule has 3 heteroatoms. The lowest BCUT2D eigenvalue weighted by molar-refractivity contribution is -0.643. The van der Waals surface area contributed by atoms with Crippen LogP contribution in [0.3, 0.4) is 0 Å². The van der Waals surface area contributed by atoms with Crippen LogP contribution in [0.25, 0.3) is 53.8 Å². The highest BCUT2D eigenvalue weighted by Crippen LogP contribution is 2.42. The molecule has 0 N–H and O–H groups in total. The first-order valence-electron chi connectivity index (χ1n) is 10.4. The molecule has 0 aliphatic carbocycles. The topological polar surface area (TPSA) is 12.7 Å². The van der Waals surface area contributed by atoms with Gasteiger partial charge in [0.1, 0.15) is 7.05 Å². The largest absolute Gasteiger partial charge is 0.309 e. The van der Waals surface area contributed by atoms with Crippen molar-refractivity contribution in [1.29, 1.82) is 0 Å². The summed E-state index contributed by atoms with van der Waals surface area (Å²) in [6, 6.07) is 17.6. The van der Waals surface area contributed by atoms with E-state index >= 15 is 0 Å². The Labute approximate surface area is 174 Å². The third kappa shape index (κ3) is 2.01. The predicted molar refractivity (Wildman–Crippen MR) is 125 cm³/mol. The third-order valence-corrected chi connectivity index (χ3v) is 6.64. The van der Waals surface area contributed by atoms with Crippen LogP contribution < -0.4 is 4.57 Å². The molecule has 0 saturated heterocycles. The number of fused-ring (bicyclic) bond motifs is 5. The van der Waals surface area contributed by atoms with Gasteiger partial charge in [-0.25, -0.2) is 9.41 Å². The van der Waals surface area contributed by atoms with Crippen molar-refractivity contribution in [2.45, 2.75) is 26.7 Å². The molecule has 3 aromatic heterocycles. The van der Waals surface area contributed by atoms with Gasteiger partial charge in [0.25, 0.3) is 0 Å². The van der Waals surface area contributed by atoms with E-state index in [0.29, 0.717) is 11.6 Å². The summed E-state index contributed by atoms with van der Waals surface area (Å²) in [6.07, 6.45) is 2.11. The average Bonchev–Trinajstić information content (AvgIpc) is 3.08. The van der Waals surface area contributed by atoms with Gasteiger partial charge in [0.05, 0.1) is 33.9 Å². The number of pyridine rings is 2. The van der Waals surface area contributed by atoms with Gasteiger partial charge in [-0.3, -0.25) is 0 Å². The van der Waals surface area contributed by atoms with Gasteiger partial charge in [-0.2, -0.15) is 0 Å². The van der Waals surface area contributed by atoms with E-state index < -0.39 is 0 Å². The third-order valence-electron chi connectivity index (χ3n) is 6.64. The minimum Gasteiger partial charge on any atom is -0.309 e. The molecule has 0 aliphatic rings. The van der Waals surface area contributed by atoms with Crippen molar-refractivity contribution in [2.75, 3.05) is 0 Å². The van der Waals surface area contributed by atoms with Crippen LogP contribution in [0.2, 0.25) is 0 Å².